The molecule has 0 spiro atoms. The van der Waals surface area contributed by atoms with Gasteiger partial charge in [-0.25, -0.2) is 0 Å². The summed E-state index contributed by atoms with van der Waals surface area (Å²) in [7, 11) is 0. The molecule has 0 saturated heterocycles. The van der Waals surface area contributed by atoms with Crippen molar-refractivity contribution in [3.63, 3.8) is 0 Å². The molecule has 8 heteroatoms. The predicted octanol–water partition coefficient (Wildman–Crippen LogP) is 0.594. The molecule has 31 heavy (non-hydrogen) atoms. The van der Waals surface area contributed by atoms with Crippen molar-refractivity contribution >= 4 is 11.6 Å². The van der Waals surface area contributed by atoms with Crippen LogP contribution in [0, 0.1) is 5.92 Å². The topological polar surface area (TPSA) is 147 Å². The molecule has 0 radical (unpaired) electrons. The standard InChI is InChI=1S/C23H30ClNO6/c1-2-3-12-4-7-14(8-5-12)23(25,31)16-10-13(6-9-17(16)24)18-19(27)15(11-26)20(28)22(30)21(18)29/h4-10,15,18-22,26-31H,2-3,11,25H2,1H3. The van der Waals surface area contributed by atoms with Crippen molar-refractivity contribution in [2.24, 2.45) is 11.7 Å². The van der Waals surface area contributed by atoms with Gasteiger partial charge >= 0.3 is 0 Å². The average Bonchev–Trinajstić information content (AvgIpc) is 2.74. The van der Waals surface area contributed by atoms with Crippen LogP contribution < -0.4 is 5.73 Å². The number of aliphatic hydroxyl groups is 6. The molecular weight excluding hydrogens is 422 g/mol. The Kier molecular flexibility index (Phi) is 7.40. The minimum Gasteiger partial charge on any atom is -0.396 e. The molecule has 2 aromatic rings. The van der Waals surface area contributed by atoms with E-state index in [2.05, 4.69) is 6.92 Å². The second-order valence-electron chi connectivity index (χ2n) is 8.29. The molecular formula is C23H30ClNO6. The fraction of sp³-hybridized carbons (Fsp3) is 0.478. The number of halogens is 1. The van der Waals surface area contributed by atoms with E-state index in [9.17, 15) is 30.6 Å². The second-order valence-corrected chi connectivity index (χ2v) is 8.69. The highest BCUT2D eigenvalue weighted by Crippen LogP contribution is 2.40. The van der Waals surface area contributed by atoms with E-state index in [-0.39, 0.29) is 10.6 Å². The Hall–Kier alpha value is -1.55. The van der Waals surface area contributed by atoms with Gasteiger partial charge in [-0.1, -0.05) is 55.3 Å². The lowest BCUT2D eigenvalue weighted by Gasteiger charge is -2.44. The highest BCUT2D eigenvalue weighted by Gasteiger charge is 2.49. The minimum atomic E-state index is -1.95. The molecule has 1 aliphatic carbocycles. The molecule has 0 amide bonds. The summed E-state index contributed by atoms with van der Waals surface area (Å²) in [5.74, 6) is -2.08. The van der Waals surface area contributed by atoms with Gasteiger partial charge in [0, 0.05) is 28.0 Å². The molecule has 0 aliphatic heterocycles. The Morgan fingerprint density at radius 3 is 2.16 bits per heavy atom. The van der Waals surface area contributed by atoms with Gasteiger partial charge in [0.1, 0.15) is 6.10 Å². The Balaban J connectivity index is 2.01. The molecule has 7 atom stereocenters. The summed E-state index contributed by atoms with van der Waals surface area (Å²) in [6.07, 6.45) is -4.00. The van der Waals surface area contributed by atoms with Gasteiger partial charge < -0.3 is 30.6 Å². The number of aryl methyl sites for hydroxylation is 1. The summed E-state index contributed by atoms with van der Waals surface area (Å²) in [5.41, 5.74) is 6.37. The Morgan fingerprint density at radius 1 is 0.935 bits per heavy atom. The van der Waals surface area contributed by atoms with E-state index in [1.54, 1.807) is 18.2 Å². The van der Waals surface area contributed by atoms with Gasteiger partial charge in [0.25, 0.3) is 0 Å². The van der Waals surface area contributed by atoms with E-state index in [0.29, 0.717) is 11.1 Å². The lowest BCUT2D eigenvalue weighted by atomic mass is 9.70. The maximum Gasteiger partial charge on any atom is 0.167 e. The number of hydrogen-bond donors (Lipinski definition) is 7. The van der Waals surface area contributed by atoms with Crippen LogP contribution in [0.5, 0.6) is 0 Å². The second kappa shape index (κ2) is 9.52. The first-order valence-electron chi connectivity index (χ1n) is 10.4. The predicted molar refractivity (Wildman–Crippen MR) is 116 cm³/mol. The molecule has 0 bridgehead atoms. The van der Waals surface area contributed by atoms with Crippen molar-refractivity contribution in [2.45, 2.75) is 55.8 Å². The summed E-state index contributed by atoms with van der Waals surface area (Å²) in [5, 5.41) is 62.4. The molecule has 0 aromatic heterocycles. The monoisotopic (exact) mass is 451 g/mol. The van der Waals surface area contributed by atoms with Crippen molar-refractivity contribution in [2.75, 3.05) is 6.61 Å². The van der Waals surface area contributed by atoms with Gasteiger partial charge in [0.2, 0.25) is 0 Å². The summed E-state index contributed by atoms with van der Waals surface area (Å²) in [4.78, 5) is 0. The third-order valence-electron chi connectivity index (χ3n) is 6.24. The minimum absolute atomic E-state index is 0.162. The smallest absolute Gasteiger partial charge is 0.167 e. The zero-order valence-electron chi connectivity index (χ0n) is 17.3. The third kappa shape index (κ3) is 4.51. The largest absolute Gasteiger partial charge is 0.396 e. The van der Waals surface area contributed by atoms with E-state index >= 15 is 0 Å². The number of nitrogens with two attached hydrogens (primary N) is 1. The highest BCUT2D eigenvalue weighted by molar-refractivity contribution is 6.31. The number of aliphatic hydroxyl groups excluding tert-OH is 5. The van der Waals surface area contributed by atoms with E-state index in [0.717, 1.165) is 18.4 Å². The van der Waals surface area contributed by atoms with Crippen molar-refractivity contribution in [1.29, 1.82) is 0 Å². The first kappa shape index (κ1) is 24.1. The van der Waals surface area contributed by atoms with Crippen LogP contribution in [-0.4, -0.2) is 61.7 Å². The molecule has 2 aromatic carbocycles. The molecule has 1 aliphatic rings. The first-order valence-corrected chi connectivity index (χ1v) is 10.7. The average molecular weight is 452 g/mol. The fourth-order valence-electron chi connectivity index (χ4n) is 4.36. The maximum atomic E-state index is 11.1. The normalized spacial score (nSPS) is 30.7. The highest BCUT2D eigenvalue weighted by atomic mass is 35.5. The van der Waals surface area contributed by atoms with E-state index in [1.807, 2.05) is 12.1 Å². The quantitative estimate of drug-likeness (QED) is 0.318. The van der Waals surface area contributed by atoms with Crippen molar-refractivity contribution < 1.29 is 30.6 Å². The van der Waals surface area contributed by atoms with Crippen LogP contribution in [-0.2, 0) is 12.1 Å². The zero-order chi connectivity index (χ0) is 22.9. The van der Waals surface area contributed by atoms with Gasteiger partial charge in [-0.3, -0.25) is 5.73 Å². The maximum absolute atomic E-state index is 11.1. The van der Waals surface area contributed by atoms with Crippen LogP contribution in [0.3, 0.4) is 0 Å². The Morgan fingerprint density at radius 2 is 1.58 bits per heavy atom. The van der Waals surface area contributed by atoms with Gasteiger partial charge in [0.15, 0.2) is 5.72 Å². The van der Waals surface area contributed by atoms with Crippen LogP contribution >= 0.6 is 11.6 Å². The fourth-order valence-corrected chi connectivity index (χ4v) is 4.62. The van der Waals surface area contributed by atoms with Crippen LogP contribution in [0.15, 0.2) is 42.5 Å². The van der Waals surface area contributed by atoms with Crippen LogP contribution in [0.2, 0.25) is 5.02 Å². The van der Waals surface area contributed by atoms with Gasteiger partial charge in [0.05, 0.1) is 24.9 Å². The Labute approximate surface area is 186 Å². The van der Waals surface area contributed by atoms with Gasteiger partial charge in [-0.05, 0) is 29.7 Å². The summed E-state index contributed by atoms with van der Waals surface area (Å²) < 4.78 is 0. The molecule has 1 saturated carbocycles. The number of rotatable bonds is 6. The molecule has 170 valence electrons. The molecule has 0 heterocycles. The van der Waals surface area contributed by atoms with Gasteiger partial charge in [-0.15, -0.1) is 0 Å². The SMILES string of the molecule is CCCc1ccc(C(N)(O)c2cc(C3C(O)C(O)C(O)C(CO)C3O)ccc2Cl)cc1. The number of benzene rings is 2. The molecule has 7 unspecified atom stereocenters. The summed E-state index contributed by atoms with van der Waals surface area (Å²) in [6, 6.07) is 11.7. The molecule has 1 fully saturated rings. The van der Waals surface area contributed by atoms with Crippen LogP contribution in [0.4, 0.5) is 0 Å². The third-order valence-corrected chi connectivity index (χ3v) is 6.57. The van der Waals surface area contributed by atoms with E-state index in [1.165, 1.54) is 12.1 Å². The number of hydrogen-bond acceptors (Lipinski definition) is 7. The van der Waals surface area contributed by atoms with Gasteiger partial charge in [-0.2, -0.15) is 0 Å². The van der Waals surface area contributed by atoms with Crippen molar-refractivity contribution in [3.8, 4) is 0 Å². The zero-order valence-corrected chi connectivity index (χ0v) is 18.0. The summed E-state index contributed by atoms with van der Waals surface area (Å²) in [6.45, 7) is 1.50. The van der Waals surface area contributed by atoms with Crippen molar-refractivity contribution in [1.82, 2.24) is 0 Å². The van der Waals surface area contributed by atoms with E-state index in [4.69, 9.17) is 17.3 Å². The molecule has 7 nitrogen and oxygen atoms in total. The van der Waals surface area contributed by atoms with Crippen LogP contribution in [0.1, 0.15) is 41.5 Å². The first-order chi connectivity index (χ1) is 14.6. The molecule has 8 N–H and O–H groups in total. The van der Waals surface area contributed by atoms with E-state index < -0.39 is 48.6 Å². The summed E-state index contributed by atoms with van der Waals surface area (Å²) >= 11 is 6.34. The van der Waals surface area contributed by atoms with Crippen molar-refractivity contribution in [3.05, 3.63) is 69.7 Å². The molecule has 3 rings (SSSR count). The lowest BCUT2D eigenvalue weighted by Crippen LogP contribution is -2.58. The lowest BCUT2D eigenvalue weighted by molar-refractivity contribution is -0.169. The van der Waals surface area contributed by atoms with Crippen LogP contribution in [0.25, 0.3) is 0 Å². The Bertz CT molecular complexity index is 890.